The minimum Gasteiger partial charge on any atom is -0.481 e. The summed E-state index contributed by atoms with van der Waals surface area (Å²) >= 11 is 0. The summed E-state index contributed by atoms with van der Waals surface area (Å²) in [6, 6.07) is 5.36. The lowest BCUT2D eigenvalue weighted by Gasteiger charge is -2.09. The van der Waals surface area contributed by atoms with Crippen molar-refractivity contribution in [3.05, 3.63) is 30.1 Å². The fourth-order valence-corrected chi connectivity index (χ4v) is 1.27. The predicted molar refractivity (Wildman–Crippen MR) is 56.8 cm³/mol. The SMILES string of the molecule is CCCC(C(=O)O)c1ccccn1.Cl. The standard InChI is InChI=1S/C10H13NO2.ClH/c1-2-5-8(10(12)13)9-6-3-4-7-11-9;/h3-4,6-8H,2,5H2,1H3,(H,12,13);1H. The number of rotatable bonds is 4. The Bertz CT molecular complexity index is 277. The van der Waals surface area contributed by atoms with E-state index in [4.69, 9.17) is 5.11 Å². The van der Waals surface area contributed by atoms with Crippen molar-refractivity contribution in [1.29, 1.82) is 0 Å². The van der Waals surface area contributed by atoms with E-state index in [0.29, 0.717) is 12.1 Å². The second-order valence-corrected chi connectivity index (χ2v) is 2.93. The molecule has 1 unspecified atom stereocenters. The average Bonchev–Trinajstić information content (AvgIpc) is 2.15. The van der Waals surface area contributed by atoms with Gasteiger partial charge in [0.05, 0.1) is 11.6 Å². The molecule has 0 bridgehead atoms. The van der Waals surface area contributed by atoms with Crippen molar-refractivity contribution in [2.75, 3.05) is 0 Å². The van der Waals surface area contributed by atoms with Gasteiger partial charge in [-0.25, -0.2) is 0 Å². The summed E-state index contributed by atoms with van der Waals surface area (Å²) in [6.07, 6.45) is 3.13. The third-order valence-electron chi connectivity index (χ3n) is 1.92. The number of hydrogen-bond donors (Lipinski definition) is 1. The number of carboxylic acids is 1. The van der Waals surface area contributed by atoms with Gasteiger partial charge in [-0.2, -0.15) is 0 Å². The minimum atomic E-state index is -0.791. The smallest absolute Gasteiger partial charge is 0.312 e. The highest BCUT2D eigenvalue weighted by molar-refractivity contribution is 5.85. The van der Waals surface area contributed by atoms with Gasteiger partial charge < -0.3 is 5.11 Å². The van der Waals surface area contributed by atoms with E-state index in [1.165, 1.54) is 0 Å². The minimum absolute atomic E-state index is 0. The lowest BCUT2D eigenvalue weighted by atomic mass is 10.00. The van der Waals surface area contributed by atoms with E-state index in [-0.39, 0.29) is 12.4 Å². The van der Waals surface area contributed by atoms with Crippen LogP contribution in [0, 0.1) is 0 Å². The van der Waals surface area contributed by atoms with Crippen molar-refractivity contribution in [2.24, 2.45) is 0 Å². The van der Waals surface area contributed by atoms with Gasteiger partial charge in [0, 0.05) is 6.20 Å². The molecule has 3 nitrogen and oxygen atoms in total. The maximum atomic E-state index is 10.8. The van der Waals surface area contributed by atoms with Gasteiger partial charge in [0.1, 0.15) is 0 Å². The van der Waals surface area contributed by atoms with Crippen molar-refractivity contribution in [3.63, 3.8) is 0 Å². The molecule has 0 spiro atoms. The van der Waals surface area contributed by atoms with E-state index < -0.39 is 11.9 Å². The first-order valence-electron chi connectivity index (χ1n) is 4.39. The summed E-state index contributed by atoms with van der Waals surface area (Å²) in [5.74, 6) is -1.24. The van der Waals surface area contributed by atoms with E-state index in [2.05, 4.69) is 4.98 Å². The first-order valence-corrected chi connectivity index (χ1v) is 4.39. The third kappa shape index (κ3) is 3.34. The molecule has 0 aliphatic heterocycles. The molecule has 1 rings (SSSR count). The van der Waals surface area contributed by atoms with Gasteiger partial charge in [-0.1, -0.05) is 19.4 Å². The molecule has 1 aromatic rings. The fourth-order valence-electron chi connectivity index (χ4n) is 1.27. The molecule has 0 fully saturated rings. The van der Waals surface area contributed by atoms with Gasteiger partial charge in [0.15, 0.2) is 0 Å². The number of pyridine rings is 1. The maximum Gasteiger partial charge on any atom is 0.312 e. The molecular formula is C10H14ClNO2. The number of halogens is 1. The molecule has 1 aromatic heterocycles. The second kappa shape index (κ2) is 6.38. The lowest BCUT2D eigenvalue weighted by Crippen LogP contribution is -2.12. The summed E-state index contributed by atoms with van der Waals surface area (Å²) in [5, 5.41) is 8.92. The Morgan fingerprint density at radius 2 is 2.29 bits per heavy atom. The van der Waals surface area contributed by atoms with Crippen molar-refractivity contribution < 1.29 is 9.90 Å². The fraction of sp³-hybridized carbons (Fsp3) is 0.400. The van der Waals surface area contributed by atoms with Crippen LogP contribution in [0.15, 0.2) is 24.4 Å². The number of aromatic nitrogens is 1. The van der Waals surface area contributed by atoms with Gasteiger partial charge in [-0.15, -0.1) is 12.4 Å². The van der Waals surface area contributed by atoms with Crippen LogP contribution in [0.2, 0.25) is 0 Å². The summed E-state index contributed by atoms with van der Waals surface area (Å²) in [4.78, 5) is 14.9. The highest BCUT2D eigenvalue weighted by Gasteiger charge is 2.19. The maximum absolute atomic E-state index is 10.8. The van der Waals surface area contributed by atoms with Crippen LogP contribution in [-0.4, -0.2) is 16.1 Å². The summed E-state index contributed by atoms with van der Waals surface area (Å²) in [7, 11) is 0. The molecule has 4 heteroatoms. The number of nitrogens with zero attached hydrogens (tertiary/aromatic N) is 1. The largest absolute Gasteiger partial charge is 0.481 e. The quantitative estimate of drug-likeness (QED) is 0.840. The summed E-state index contributed by atoms with van der Waals surface area (Å²) in [6.45, 7) is 1.97. The van der Waals surface area contributed by atoms with Crippen LogP contribution in [-0.2, 0) is 4.79 Å². The van der Waals surface area contributed by atoms with Crippen molar-refractivity contribution in [1.82, 2.24) is 4.98 Å². The molecule has 0 aliphatic carbocycles. The van der Waals surface area contributed by atoms with E-state index in [1.807, 2.05) is 13.0 Å². The van der Waals surface area contributed by atoms with Crippen LogP contribution >= 0.6 is 12.4 Å². The van der Waals surface area contributed by atoms with E-state index >= 15 is 0 Å². The zero-order valence-corrected chi connectivity index (χ0v) is 8.83. The first-order chi connectivity index (χ1) is 6.25. The van der Waals surface area contributed by atoms with E-state index in [9.17, 15) is 4.79 Å². The van der Waals surface area contributed by atoms with Crippen molar-refractivity contribution >= 4 is 18.4 Å². The van der Waals surface area contributed by atoms with E-state index in [0.717, 1.165) is 6.42 Å². The molecular weight excluding hydrogens is 202 g/mol. The molecule has 0 saturated carbocycles. The van der Waals surface area contributed by atoms with Gasteiger partial charge >= 0.3 is 5.97 Å². The lowest BCUT2D eigenvalue weighted by molar-refractivity contribution is -0.139. The van der Waals surface area contributed by atoms with Crippen LogP contribution in [0.1, 0.15) is 31.4 Å². The van der Waals surface area contributed by atoms with Crippen LogP contribution in [0.3, 0.4) is 0 Å². The normalized spacial score (nSPS) is 11.5. The Hall–Kier alpha value is -1.09. The monoisotopic (exact) mass is 215 g/mol. The first kappa shape index (κ1) is 12.9. The Balaban J connectivity index is 0.00000169. The van der Waals surface area contributed by atoms with Crippen molar-refractivity contribution in [2.45, 2.75) is 25.7 Å². The molecule has 14 heavy (non-hydrogen) atoms. The number of carbonyl (C=O) groups is 1. The molecule has 1 heterocycles. The van der Waals surface area contributed by atoms with E-state index in [1.54, 1.807) is 18.3 Å². The number of hydrogen-bond acceptors (Lipinski definition) is 2. The molecule has 1 atom stereocenters. The van der Waals surface area contributed by atoms with Gasteiger partial charge in [0.25, 0.3) is 0 Å². The van der Waals surface area contributed by atoms with Crippen LogP contribution < -0.4 is 0 Å². The Labute approximate surface area is 89.6 Å². The Morgan fingerprint density at radius 3 is 2.71 bits per heavy atom. The third-order valence-corrected chi connectivity index (χ3v) is 1.92. The zero-order chi connectivity index (χ0) is 9.68. The molecule has 0 saturated heterocycles. The summed E-state index contributed by atoms with van der Waals surface area (Å²) < 4.78 is 0. The highest BCUT2D eigenvalue weighted by Crippen LogP contribution is 2.18. The Morgan fingerprint density at radius 1 is 1.57 bits per heavy atom. The Kier molecular flexibility index (Phi) is 5.88. The average molecular weight is 216 g/mol. The predicted octanol–water partition coefficient (Wildman–Crippen LogP) is 2.47. The molecule has 78 valence electrons. The molecule has 1 N–H and O–H groups in total. The van der Waals surface area contributed by atoms with Gasteiger partial charge in [0.2, 0.25) is 0 Å². The highest BCUT2D eigenvalue weighted by atomic mass is 35.5. The van der Waals surface area contributed by atoms with Gasteiger partial charge in [-0.3, -0.25) is 9.78 Å². The second-order valence-electron chi connectivity index (χ2n) is 2.93. The van der Waals surface area contributed by atoms with Crippen LogP contribution in [0.25, 0.3) is 0 Å². The van der Waals surface area contributed by atoms with Crippen LogP contribution in [0.4, 0.5) is 0 Å². The topological polar surface area (TPSA) is 50.2 Å². The number of aliphatic carboxylic acids is 1. The number of carboxylic acid groups (broad SMARTS) is 1. The molecule has 0 aliphatic rings. The molecule has 0 amide bonds. The summed E-state index contributed by atoms with van der Waals surface area (Å²) in [5.41, 5.74) is 0.650. The molecule has 0 aromatic carbocycles. The van der Waals surface area contributed by atoms with Gasteiger partial charge in [-0.05, 0) is 18.6 Å². The van der Waals surface area contributed by atoms with Crippen molar-refractivity contribution in [3.8, 4) is 0 Å². The zero-order valence-electron chi connectivity index (χ0n) is 8.01. The van der Waals surface area contributed by atoms with Crippen LogP contribution in [0.5, 0.6) is 0 Å². The molecule has 0 radical (unpaired) electrons.